The number of thioether (sulfide) groups is 1. The van der Waals surface area contributed by atoms with Gasteiger partial charge >= 0.3 is 5.97 Å². The first-order valence-electron chi connectivity index (χ1n) is 6.78. The normalized spacial score (nSPS) is 33.6. The molecular weight excluding hydrogens is 260 g/mol. The molecule has 0 spiro atoms. The van der Waals surface area contributed by atoms with Crippen LogP contribution in [0.2, 0.25) is 0 Å². The van der Waals surface area contributed by atoms with Crippen molar-refractivity contribution >= 4 is 11.8 Å². The van der Waals surface area contributed by atoms with Crippen LogP contribution < -0.4 is 0 Å². The zero-order chi connectivity index (χ0) is 13.3. The molecule has 0 N–H and O–H groups in total. The zero-order valence-electron chi connectivity index (χ0n) is 11.5. The fraction of sp³-hybridized carbons (Fsp3) is 0.600. The lowest BCUT2D eigenvalue weighted by molar-refractivity contribution is -0.480. The van der Waals surface area contributed by atoms with Crippen molar-refractivity contribution in [2.75, 3.05) is 26.1 Å². The van der Waals surface area contributed by atoms with E-state index < -0.39 is 5.97 Å². The van der Waals surface area contributed by atoms with Gasteiger partial charge in [-0.15, -0.1) is 11.8 Å². The molecule has 3 saturated heterocycles. The van der Waals surface area contributed by atoms with Gasteiger partial charge in [0.1, 0.15) is 0 Å². The van der Waals surface area contributed by atoms with Crippen LogP contribution in [0, 0.1) is 5.41 Å². The number of ether oxygens (including phenoxy) is 3. The van der Waals surface area contributed by atoms with E-state index in [4.69, 9.17) is 14.2 Å². The summed E-state index contributed by atoms with van der Waals surface area (Å²) >= 11 is 1.72. The summed E-state index contributed by atoms with van der Waals surface area (Å²) in [5.41, 5.74) is 1.02. The number of fused-ring (bicyclic) bond motifs is 3. The van der Waals surface area contributed by atoms with Crippen LogP contribution in [0.4, 0.5) is 0 Å². The Morgan fingerprint density at radius 3 is 2.11 bits per heavy atom. The van der Waals surface area contributed by atoms with Crippen molar-refractivity contribution in [2.24, 2.45) is 5.41 Å². The van der Waals surface area contributed by atoms with Gasteiger partial charge in [0.25, 0.3) is 0 Å². The molecule has 0 atom stereocenters. The maximum absolute atomic E-state index is 5.93. The average molecular weight is 280 g/mol. The molecule has 3 fully saturated rings. The standard InChI is InChI=1S/C15H20O3S/c1-3-8-14-9-16-15(17-10-14,18-11-14)12-4-6-13(19-2)7-5-12/h4-7H,3,8-11H2,1-2H3. The smallest absolute Gasteiger partial charge is 0.312 e. The third-order valence-corrected chi connectivity index (χ3v) is 4.67. The maximum Gasteiger partial charge on any atom is 0.312 e. The Balaban J connectivity index is 1.79. The molecule has 0 unspecified atom stereocenters. The van der Waals surface area contributed by atoms with Gasteiger partial charge in [-0.1, -0.05) is 13.3 Å². The second kappa shape index (κ2) is 5.09. The highest BCUT2D eigenvalue weighted by atomic mass is 32.2. The molecule has 4 rings (SSSR count). The molecule has 0 aliphatic carbocycles. The number of hydrogen-bond acceptors (Lipinski definition) is 4. The van der Waals surface area contributed by atoms with Gasteiger partial charge < -0.3 is 14.2 Å². The summed E-state index contributed by atoms with van der Waals surface area (Å²) < 4.78 is 17.8. The van der Waals surface area contributed by atoms with Crippen LogP contribution in [0.3, 0.4) is 0 Å². The molecule has 1 aromatic carbocycles. The maximum atomic E-state index is 5.93. The lowest BCUT2D eigenvalue weighted by Crippen LogP contribution is -2.58. The summed E-state index contributed by atoms with van der Waals surface area (Å²) in [6.07, 6.45) is 4.29. The number of hydrogen-bond donors (Lipinski definition) is 0. The first-order chi connectivity index (χ1) is 9.22. The summed E-state index contributed by atoms with van der Waals surface area (Å²) in [6, 6.07) is 8.22. The van der Waals surface area contributed by atoms with Crippen molar-refractivity contribution in [1.82, 2.24) is 0 Å². The zero-order valence-corrected chi connectivity index (χ0v) is 12.3. The Morgan fingerprint density at radius 1 is 1.05 bits per heavy atom. The SMILES string of the molecule is CCCC12COC(c3ccc(SC)cc3)(OC1)OC2. The highest BCUT2D eigenvalue weighted by molar-refractivity contribution is 7.98. The van der Waals surface area contributed by atoms with Gasteiger partial charge in [0.15, 0.2) is 0 Å². The summed E-state index contributed by atoms with van der Waals surface area (Å²) in [6.45, 7) is 4.37. The first kappa shape index (κ1) is 13.4. The van der Waals surface area contributed by atoms with Crippen molar-refractivity contribution in [3.05, 3.63) is 29.8 Å². The molecule has 4 heteroatoms. The average Bonchev–Trinajstić information content (AvgIpc) is 2.49. The molecule has 3 aliphatic heterocycles. The van der Waals surface area contributed by atoms with E-state index in [9.17, 15) is 0 Å². The van der Waals surface area contributed by atoms with Crippen LogP contribution in [-0.4, -0.2) is 26.1 Å². The molecule has 0 aromatic heterocycles. The number of benzene rings is 1. The Kier molecular flexibility index (Phi) is 3.60. The van der Waals surface area contributed by atoms with Crippen LogP contribution >= 0.6 is 11.8 Å². The van der Waals surface area contributed by atoms with Gasteiger partial charge in [-0.25, -0.2) is 0 Å². The summed E-state index contributed by atoms with van der Waals surface area (Å²) in [4.78, 5) is 1.23. The Bertz CT molecular complexity index is 419. The van der Waals surface area contributed by atoms with Crippen LogP contribution in [0.1, 0.15) is 25.3 Å². The summed E-state index contributed by atoms with van der Waals surface area (Å²) in [5, 5.41) is 0. The molecule has 1 aromatic rings. The topological polar surface area (TPSA) is 27.7 Å². The predicted octanol–water partition coefficient (Wildman–Crippen LogP) is 3.38. The number of rotatable bonds is 4. The Labute approximate surface area is 118 Å². The summed E-state index contributed by atoms with van der Waals surface area (Å²) in [5.74, 6) is -0.966. The first-order valence-corrected chi connectivity index (χ1v) is 8.01. The van der Waals surface area contributed by atoms with Crippen molar-refractivity contribution < 1.29 is 14.2 Å². The molecule has 0 amide bonds. The molecule has 104 valence electrons. The van der Waals surface area contributed by atoms with Crippen molar-refractivity contribution in [1.29, 1.82) is 0 Å². The van der Waals surface area contributed by atoms with E-state index in [0.717, 1.165) is 38.2 Å². The molecular formula is C15H20O3S. The Hall–Kier alpha value is -0.550. The van der Waals surface area contributed by atoms with E-state index in [1.807, 2.05) is 12.1 Å². The third kappa shape index (κ3) is 2.31. The minimum atomic E-state index is -0.966. The fourth-order valence-electron chi connectivity index (χ4n) is 2.79. The van der Waals surface area contributed by atoms with Gasteiger partial charge in [0.05, 0.1) is 19.8 Å². The van der Waals surface area contributed by atoms with Gasteiger partial charge in [-0.3, -0.25) is 0 Å². The van der Waals surface area contributed by atoms with E-state index in [-0.39, 0.29) is 5.41 Å². The van der Waals surface area contributed by atoms with Crippen LogP contribution in [0.5, 0.6) is 0 Å². The minimum absolute atomic E-state index is 0.0652. The van der Waals surface area contributed by atoms with E-state index in [2.05, 4.69) is 25.3 Å². The van der Waals surface area contributed by atoms with E-state index >= 15 is 0 Å². The quantitative estimate of drug-likeness (QED) is 0.790. The highest BCUT2D eigenvalue weighted by Gasteiger charge is 2.53. The second-order valence-corrected chi connectivity index (χ2v) is 6.28. The Morgan fingerprint density at radius 2 is 1.63 bits per heavy atom. The predicted molar refractivity (Wildman–Crippen MR) is 75.1 cm³/mol. The molecule has 3 nitrogen and oxygen atoms in total. The van der Waals surface area contributed by atoms with Crippen LogP contribution in [0.15, 0.2) is 29.2 Å². The van der Waals surface area contributed by atoms with Crippen molar-refractivity contribution in [3.63, 3.8) is 0 Å². The lowest BCUT2D eigenvalue weighted by atomic mass is 9.84. The molecule has 0 radical (unpaired) electrons. The molecule has 3 aliphatic rings. The highest BCUT2D eigenvalue weighted by Crippen LogP contribution is 2.46. The lowest BCUT2D eigenvalue weighted by Gasteiger charge is -2.51. The van der Waals surface area contributed by atoms with Crippen LogP contribution in [-0.2, 0) is 20.2 Å². The fourth-order valence-corrected chi connectivity index (χ4v) is 3.19. The van der Waals surface area contributed by atoms with E-state index in [1.165, 1.54) is 4.90 Å². The van der Waals surface area contributed by atoms with Gasteiger partial charge in [0, 0.05) is 15.9 Å². The molecule has 3 heterocycles. The molecule has 19 heavy (non-hydrogen) atoms. The van der Waals surface area contributed by atoms with Gasteiger partial charge in [-0.2, -0.15) is 0 Å². The van der Waals surface area contributed by atoms with E-state index in [1.54, 1.807) is 11.8 Å². The second-order valence-electron chi connectivity index (χ2n) is 5.40. The third-order valence-electron chi connectivity index (χ3n) is 3.93. The van der Waals surface area contributed by atoms with Crippen molar-refractivity contribution in [2.45, 2.75) is 30.6 Å². The van der Waals surface area contributed by atoms with Crippen LogP contribution in [0.25, 0.3) is 0 Å². The minimum Gasteiger partial charge on any atom is -0.323 e. The van der Waals surface area contributed by atoms with Gasteiger partial charge in [-0.05, 0) is 36.9 Å². The summed E-state index contributed by atoms with van der Waals surface area (Å²) in [7, 11) is 0. The van der Waals surface area contributed by atoms with Crippen molar-refractivity contribution in [3.8, 4) is 0 Å². The largest absolute Gasteiger partial charge is 0.323 e. The monoisotopic (exact) mass is 280 g/mol. The van der Waals surface area contributed by atoms with E-state index in [0.29, 0.717) is 0 Å². The van der Waals surface area contributed by atoms with Gasteiger partial charge in [0.2, 0.25) is 0 Å². The molecule has 0 saturated carbocycles. The molecule has 2 bridgehead atoms.